The Morgan fingerprint density at radius 2 is 1.09 bits per heavy atom. The Morgan fingerprint density at radius 3 is 1.55 bits per heavy atom. The lowest BCUT2D eigenvalue weighted by Crippen LogP contribution is -2.27. The summed E-state index contributed by atoms with van der Waals surface area (Å²) in [6.07, 6.45) is 17.1. The van der Waals surface area contributed by atoms with Crippen molar-refractivity contribution in [3.63, 3.8) is 0 Å². The van der Waals surface area contributed by atoms with Gasteiger partial charge in [-0.05, 0) is 143 Å². The Balaban J connectivity index is 0.000000273. The summed E-state index contributed by atoms with van der Waals surface area (Å²) in [5.74, 6) is 4.17. The average molecular weight is 1610 g/mol. The second-order valence-corrected chi connectivity index (χ2v) is 42.2. The molecule has 2 saturated carbocycles. The Kier molecular flexibility index (Phi) is 35.1. The number of aromatic nitrogens is 3. The van der Waals surface area contributed by atoms with Crippen molar-refractivity contribution in [1.29, 1.82) is 0 Å². The van der Waals surface area contributed by atoms with E-state index in [-0.39, 0.29) is 61.0 Å². The Hall–Kier alpha value is -7.86. The van der Waals surface area contributed by atoms with Gasteiger partial charge in [0.05, 0.1) is 51.9 Å². The Labute approximate surface area is 687 Å². The molecule has 2 aliphatic carbocycles. The van der Waals surface area contributed by atoms with Crippen LogP contribution in [0.25, 0.3) is 0 Å². The average Bonchev–Trinajstić information content (AvgIpc) is 1.69. The van der Waals surface area contributed by atoms with Gasteiger partial charge in [0.25, 0.3) is 0 Å². The number of hydrogen-bond donors (Lipinski definition) is 0. The first kappa shape index (κ1) is 97.5. The van der Waals surface area contributed by atoms with E-state index in [9.17, 15) is 42.0 Å². The highest BCUT2D eigenvalue weighted by Crippen LogP contribution is 2.39. The number of nitrogens with zero attached hydrogens (tertiary/aromatic N) is 4. The summed E-state index contributed by atoms with van der Waals surface area (Å²) < 4.78 is 39.9. The predicted octanol–water partition coefficient (Wildman–Crippen LogP) is 22.8. The molecule has 18 heteroatoms. The monoisotopic (exact) mass is 1610 g/mol. The number of hydrogen-bond acceptors (Lipinski definition) is 13. The first-order valence-corrected chi connectivity index (χ1v) is 42.4. The number of sulfone groups is 1. The second-order valence-electron chi connectivity index (χ2n) is 38.3. The number of aryl methyl sites for hydroxylation is 4. The molecule has 0 amide bonds. The molecule has 0 atom stereocenters. The lowest BCUT2D eigenvalue weighted by molar-refractivity contribution is -0.127. The van der Waals surface area contributed by atoms with Crippen molar-refractivity contribution >= 4 is 79.0 Å². The molecule has 0 saturated heterocycles. The van der Waals surface area contributed by atoms with Crippen molar-refractivity contribution in [1.82, 2.24) is 13.7 Å². The summed E-state index contributed by atoms with van der Waals surface area (Å²) in [7, 11) is 1.99. The van der Waals surface area contributed by atoms with Gasteiger partial charge in [-0.25, -0.2) is 8.42 Å². The molecule has 0 bridgehead atoms. The molecular weight excluding hydrogens is 1470 g/mol. The standard InChI is InChI=1S/C14H18O2.C14H20O.C12H15NO2S2.C12H17NO.C12H16O.C11H16ClNO.C11H17NO2.C9H16O/c1-14(2,3)13(15)9-10-4-5-12-11(8-10)6-7-16-12;1-11-5-7-12(8-6-11)9-10-13(15)14(2,3)4;1-12(2,3)17(14,15)9-7-11(16-8-9)10-5-4-6-13-10;1-12(2,3)11(14)10-5-4-8-13(10)9-6-7-9;1-12(2,3)11(13)9-10-7-5-4-6-8-10;1-7-6-8(13(5)10(7)12)9(14)11(2,3)4;1-11(2,3)10(13)9-8(14-5)6-7-12(9)4;1-9(2,3)8(10)6-7-4-5-7/h4-5,8H,6-7,9H2,1-3H3;5-8H,9-10H2,1-4H3;4-5,7-8H,6H2,1-3H3;4-5,8-9H,6-7H2,1-3H3;4-8H,9H2,1-3H3;6H,1-5H3;6-7H,1-5H3;7H,4-6H2,1-3H3. The van der Waals surface area contributed by atoms with E-state index < -0.39 is 14.6 Å². The minimum Gasteiger partial charge on any atom is -0.494 e. The summed E-state index contributed by atoms with van der Waals surface area (Å²) in [5, 5.41) is 2.34. The van der Waals surface area contributed by atoms with Gasteiger partial charge in [-0.1, -0.05) is 235 Å². The molecule has 620 valence electrons. The number of rotatable bonds is 16. The molecule has 2 fully saturated rings. The number of halogens is 1. The van der Waals surface area contributed by atoms with Crippen LogP contribution in [0.15, 0.2) is 143 Å². The Bertz CT molecular complexity index is 4530. The van der Waals surface area contributed by atoms with Crippen LogP contribution in [-0.4, -0.2) is 93.3 Å². The van der Waals surface area contributed by atoms with E-state index >= 15 is 0 Å². The number of ketones is 7. The molecular formula is C95H135ClN4O11S2. The first-order valence-electron chi connectivity index (χ1n) is 39.6. The van der Waals surface area contributed by atoms with Crippen LogP contribution in [0.3, 0.4) is 0 Å². The number of aliphatic imine (C=N–C) groups is 1. The zero-order chi connectivity index (χ0) is 86.0. The van der Waals surface area contributed by atoms with Crippen molar-refractivity contribution in [3.8, 4) is 11.5 Å². The largest absolute Gasteiger partial charge is 0.494 e. The van der Waals surface area contributed by atoms with Crippen molar-refractivity contribution in [2.24, 2.45) is 62.9 Å². The highest BCUT2D eigenvalue weighted by atomic mass is 35.5. The van der Waals surface area contributed by atoms with E-state index in [1.54, 1.807) is 54.5 Å². The van der Waals surface area contributed by atoms with Gasteiger partial charge < -0.3 is 23.2 Å². The number of allylic oxidation sites excluding steroid dienone is 1. The molecule has 15 nitrogen and oxygen atoms in total. The van der Waals surface area contributed by atoms with E-state index in [1.165, 1.54) is 53.7 Å². The predicted molar refractivity (Wildman–Crippen MR) is 467 cm³/mol. The molecule has 0 radical (unpaired) electrons. The van der Waals surface area contributed by atoms with Crippen molar-refractivity contribution in [3.05, 3.63) is 194 Å². The SMILES string of the molecule is CC(C)(C)C(=O)CC1CC1.CC(C)(C)C(=O)Cc1ccc2c(c1)CCO2.CC(C)(C)C(=O)Cc1ccccc1.CC(C)(C)C(=O)c1cccn1C1CC1.CC(C)(C)S(=O)(=O)c1csc(C2=NCC=C2)c1.COc1ccn(C)c1C(=O)C(C)(C)C.Cc1cc(C(=O)C(C)(C)C)n(C)c1Cl.Cc1ccc(CCC(=O)C(C)(C)C)cc1. The normalized spacial score (nSPS) is 14.0. The van der Waals surface area contributed by atoms with E-state index in [0.717, 1.165) is 70.5 Å². The van der Waals surface area contributed by atoms with E-state index in [4.69, 9.17) is 21.1 Å². The van der Waals surface area contributed by atoms with Gasteiger partial charge in [0.1, 0.15) is 45.5 Å². The minimum atomic E-state index is -3.25. The zero-order valence-corrected chi connectivity index (χ0v) is 76.2. The molecule has 0 N–H and O–H groups in total. The second kappa shape index (κ2) is 40.6. The molecule has 4 aliphatic rings. The number of carbonyl (C=O) groups excluding carboxylic acids is 7. The maximum Gasteiger partial charge on any atom is 0.188 e. The number of ether oxygens (including phenoxy) is 2. The number of benzene rings is 3. The van der Waals surface area contributed by atoms with Gasteiger partial charge in [-0.2, -0.15) is 0 Å². The van der Waals surface area contributed by atoms with Crippen LogP contribution in [0.4, 0.5) is 0 Å². The summed E-state index contributed by atoms with van der Waals surface area (Å²) in [6, 6.07) is 34.2. The topological polar surface area (TPSA) is 199 Å². The van der Waals surface area contributed by atoms with E-state index in [2.05, 4.69) is 46.8 Å². The lowest BCUT2D eigenvalue weighted by atomic mass is 9.87. The fourth-order valence-electron chi connectivity index (χ4n) is 10.9. The quantitative estimate of drug-likeness (QED) is 0.0834. The maximum absolute atomic E-state index is 12.2. The molecule has 2 aliphatic heterocycles. The number of carbonyl (C=O) groups is 7. The zero-order valence-electron chi connectivity index (χ0n) is 73.8. The van der Waals surface area contributed by atoms with Gasteiger partial charge in [0.2, 0.25) is 0 Å². The highest BCUT2D eigenvalue weighted by Gasteiger charge is 2.35. The van der Waals surface area contributed by atoms with Gasteiger partial charge in [-0.15, -0.1) is 11.3 Å². The van der Waals surface area contributed by atoms with Crippen molar-refractivity contribution < 1.29 is 51.5 Å². The third kappa shape index (κ3) is 31.4. The highest BCUT2D eigenvalue weighted by molar-refractivity contribution is 7.92. The van der Waals surface area contributed by atoms with Crippen molar-refractivity contribution in [2.75, 3.05) is 20.3 Å². The molecule has 7 aromatic rings. The molecule has 113 heavy (non-hydrogen) atoms. The molecule has 3 aromatic carbocycles. The van der Waals surface area contributed by atoms with Crippen LogP contribution in [0.2, 0.25) is 5.15 Å². The van der Waals surface area contributed by atoms with E-state index in [0.29, 0.717) is 76.4 Å². The molecule has 0 unspecified atom stereocenters. The summed E-state index contributed by atoms with van der Waals surface area (Å²) in [5.41, 5.74) is 8.17. The van der Waals surface area contributed by atoms with Gasteiger partial charge in [0.15, 0.2) is 27.2 Å². The van der Waals surface area contributed by atoms with Gasteiger partial charge >= 0.3 is 0 Å². The summed E-state index contributed by atoms with van der Waals surface area (Å²) in [4.78, 5) is 88.2. The molecule has 6 heterocycles. The number of Topliss-reactive ketones (excluding diaryl/α,β-unsaturated/α-hetero) is 7. The maximum atomic E-state index is 12.2. The first-order chi connectivity index (χ1) is 51.8. The summed E-state index contributed by atoms with van der Waals surface area (Å²) in [6.45, 7) is 51.6. The molecule has 11 rings (SSSR count). The fraction of sp³-hybridized carbons (Fsp3) is 0.537. The number of thiophene rings is 1. The third-order valence-electron chi connectivity index (χ3n) is 19.2. The van der Waals surface area contributed by atoms with Crippen LogP contribution in [0.1, 0.15) is 280 Å². The smallest absolute Gasteiger partial charge is 0.188 e. The van der Waals surface area contributed by atoms with Crippen LogP contribution >= 0.6 is 22.9 Å². The van der Waals surface area contributed by atoms with Gasteiger partial charge in [-0.3, -0.25) is 38.6 Å². The molecule has 0 spiro atoms. The Morgan fingerprint density at radius 1 is 0.566 bits per heavy atom. The lowest BCUT2D eigenvalue weighted by Gasteiger charge is -2.18. The number of fused-ring (bicyclic) bond motifs is 1. The van der Waals surface area contributed by atoms with Crippen LogP contribution in [0.5, 0.6) is 11.5 Å². The third-order valence-corrected chi connectivity index (χ3v) is 23.3. The number of methoxy groups -OCH3 is 1. The van der Waals surface area contributed by atoms with Gasteiger partial charge in [0, 0.05) is 108 Å². The van der Waals surface area contributed by atoms with Crippen LogP contribution < -0.4 is 9.47 Å². The molecule has 4 aromatic heterocycles. The van der Waals surface area contributed by atoms with Crippen LogP contribution in [0, 0.1) is 57.7 Å². The van der Waals surface area contributed by atoms with E-state index in [1.807, 2.05) is 252 Å². The van der Waals surface area contributed by atoms with Crippen LogP contribution in [-0.2, 0) is 68.8 Å². The summed E-state index contributed by atoms with van der Waals surface area (Å²) >= 11 is 7.43. The fourth-order valence-corrected chi connectivity index (χ4v) is 13.5. The minimum absolute atomic E-state index is 0.0989. The van der Waals surface area contributed by atoms with Crippen molar-refractivity contribution in [2.45, 2.75) is 260 Å².